The van der Waals surface area contributed by atoms with E-state index in [9.17, 15) is 0 Å². The third-order valence-corrected chi connectivity index (χ3v) is 6.05. The molecule has 1 saturated carbocycles. The number of hydrogen-bond acceptors (Lipinski definition) is 4. The predicted molar refractivity (Wildman–Crippen MR) is 83.4 cm³/mol. The lowest BCUT2D eigenvalue weighted by molar-refractivity contribution is 0.0381. The lowest BCUT2D eigenvalue weighted by atomic mass is 9.80. The summed E-state index contributed by atoms with van der Waals surface area (Å²) in [5.41, 5.74) is 1.47. The molecule has 1 fully saturated rings. The molecule has 0 radical (unpaired) electrons. The molecule has 3 rings (SSSR count). The summed E-state index contributed by atoms with van der Waals surface area (Å²) in [6.45, 7) is 4.48. The van der Waals surface area contributed by atoms with Crippen LogP contribution in [0.2, 0.25) is 0 Å². The highest BCUT2D eigenvalue weighted by molar-refractivity contribution is 7.12. The number of nitrogens with one attached hydrogen (secondary N) is 1. The second-order valence-electron chi connectivity index (χ2n) is 6.56. The first-order valence-corrected chi connectivity index (χ1v) is 8.74. The van der Waals surface area contributed by atoms with Crippen molar-refractivity contribution in [2.24, 2.45) is 0 Å². The Morgan fingerprint density at radius 3 is 2.65 bits per heavy atom. The molecule has 0 spiro atoms. The zero-order chi connectivity index (χ0) is 14.2. The van der Waals surface area contributed by atoms with E-state index in [4.69, 9.17) is 9.72 Å². The third-order valence-electron chi connectivity index (χ3n) is 4.69. The van der Waals surface area contributed by atoms with Crippen molar-refractivity contribution < 1.29 is 4.74 Å². The molecule has 20 heavy (non-hydrogen) atoms. The van der Waals surface area contributed by atoms with Crippen molar-refractivity contribution in [3.05, 3.63) is 15.6 Å². The molecule has 0 aromatic carbocycles. The first-order chi connectivity index (χ1) is 9.63. The van der Waals surface area contributed by atoms with E-state index in [1.54, 1.807) is 4.88 Å². The number of nitrogens with zero attached hydrogens (tertiary/aromatic N) is 1. The summed E-state index contributed by atoms with van der Waals surface area (Å²) < 4.78 is 5.54. The van der Waals surface area contributed by atoms with Gasteiger partial charge in [-0.2, -0.15) is 0 Å². The van der Waals surface area contributed by atoms with E-state index in [0.717, 1.165) is 25.7 Å². The molecule has 1 aromatic rings. The standard InChI is InChI=1S/C16H26N2OS/c1-11(2)18-16(9-7-12(19-3)8-10-16)15-17-13-5-4-6-14(13)20-15/h11-12,18H,4-10H2,1-3H3. The van der Waals surface area contributed by atoms with Crippen molar-refractivity contribution in [2.45, 2.75) is 76.5 Å². The van der Waals surface area contributed by atoms with Crippen molar-refractivity contribution in [3.8, 4) is 0 Å². The summed E-state index contributed by atoms with van der Waals surface area (Å²) in [6.07, 6.45) is 8.73. The molecule has 4 heteroatoms. The maximum absolute atomic E-state index is 5.54. The minimum absolute atomic E-state index is 0.0954. The molecular weight excluding hydrogens is 268 g/mol. The van der Waals surface area contributed by atoms with Gasteiger partial charge >= 0.3 is 0 Å². The Morgan fingerprint density at radius 1 is 1.30 bits per heavy atom. The second kappa shape index (κ2) is 5.74. The van der Waals surface area contributed by atoms with Crippen molar-refractivity contribution in [3.63, 3.8) is 0 Å². The molecule has 112 valence electrons. The lowest BCUT2D eigenvalue weighted by Gasteiger charge is -2.40. The number of fused-ring (bicyclic) bond motifs is 1. The zero-order valence-corrected chi connectivity index (χ0v) is 13.7. The number of thiazole rings is 1. The van der Waals surface area contributed by atoms with Gasteiger partial charge in [-0.25, -0.2) is 4.98 Å². The van der Waals surface area contributed by atoms with Gasteiger partial charge in [-0.05, 0) is 58.8 Å². The summed E-state index contributed by atoms with van der Waals surface area (Å²) in [5, 5.41) is 5.18. The fourth-order valence-electron chi connectivity index (χ4n) is 3.69. The molecule has 1 aromatic heterocycles. The summed E-state index contributed by atoms with van der Waals surface area (Å²) in [7, 11) is 1.84. The maximum Gasteiger partial charge on any atom is 0.113 e. The number of methoxy groups -OCH3 is 1. The molecule has 3 nitrogen and oxygen atoms in total. The van der Waals surface area contributed by atoms with Crippen LogP contribution in [0.3, 0.4) is 0 Å². The Morgan fingerprint density at radius 2 is 2.05 bits per heavy atom. The highest BCUT2D eigenvalue weighted by Crippen LogP contribution is 2.42. The van der Waals surface area contributed by atoms with Crippen LogP contribution in [0.25, 0.3) is 0 Å². The highest BCUT2D eigenvalue weighted by Gasteiger charge is 2.40. The van der Waals surface area contributed by atoms with Crippen LogP contribution in [0.4, 0.5) is 0 Å². The monoisotopic (exact) mass is 294 g/mol. The van der Waals surface area contributed by atoms with Gasteiger partial charge in [0.05, 0.1) is 17.3 Å². The third kappa shape index (κ3) is 2.66. The summed E-state index contributed by atoms with van der Waals surface area (Å²) in [5.74, 6) is 0. The Hall–Kier alpha value is -0.450. The first-order valence-electron chi connectivity index (χ1n) is 7.92. The highest BCUT2D eigenvalue weighted by atomic mass is 32.1. The summed E-state index contributed by atoms with van der Waals surface area (Å²) in [4.78, 5) is 6.55. The van der Waals surface area contributed by atoms with Gasteiger partial charge in [-0.1, -0.05) is 0 Å². The van der Waals surface area contributed by atoms with E-state index in [0.29, 0.717) is 12.1 Å². The number of aromatic nitrogens is 1. The fraction of sp³-hybridized carbons (Fsp3) is 0.812. The maximum atomic E-state index is 5.54. The molecule has 0 unspecified atom stereocenters. The van der Waals surface area contributed by atoms with Gasteiger partial charge in [0.25, 0.3) is 0 Å². The topological polar surface area (TPSA) is 34.1 Å². The van der Waals surface area contributed by atoms with Gasteiger partial charge in [-0.15, -0.1) is 11.3 Å². The molecule has 2 aliphatic rings. The van der Waals surface area contributed by atoms with Crippen LogP contribution >= 0.6 is 11.3 Å². The van der Waals surface area contributed by atoms with Gasteiger partial charge in [0.15, 0.2) is 0 Å². The van der Waals surface area contributed by atoms with Gasteiger partial charge in [0, 0.05) is 18.0 Å². The normalized spacial score (nSPS) is 29.9. The number of ether oxygens (including phenoxy) is 1. The molecule has 0 aliphatic heterocycles. The Kier molecular flexibility index (Phi) is 4.16. The smallest absolute Gasteiger partial charge is 0.113 e. The Balaban J connectivity index is 1.85. The van der Waals surface area contributed by atoms with Crippen LogP contribution in [0.15, 0.2) is 0 Å². The molecule has 1 N–H and O–H groups in total. The Bertz CT molecular complexity index is 440. The summed E-state index contributed by atoms with van der Waals surface area (Å²) in [6, 6.07) is 0.493. The molecule has 2 aliphatic carbocycles. The van der Waals surface area contributed by atoms with Crippen molar-refractivity contribution in [1.29, 1.82) is 0 Å². The van der Waals surface area contributed by atoms with Crippen LogP contribution in [-0.2, 0) is 23.1 Å². The number of hydrogen-bond donors (Lipinski definition) is 1. The van der Waals surface area contributed by atoms with Crippen LogP contribution < -0.4 is 5.32 Å². The quantitative estimate of drug-likeness (QED) is 0.924. The van der Waals surface area contributed by atoms with Gasteiger partial charge in [0.2, 0.25) is 0 Å². The summed E-state index contributed by atoms with van der Waals surface area (Å²) >= 11 is 1.96. The SMILES string of the molecule is COC1CCC(NC(C)C)(c2nc3c(s2)CCC3)CC1. The minimum atomic E-state index is 0.0954. The first kappa shape index (κ1) is 14.5. The van der Waals surface area contributed by atoms with E-state index >= 15 is 0 Å². The van der Waals surface area contributed by atoms with E-state index in [1.165, 1.54) is 30.0 Å². The largest absolute Gasteiger partial charge is 0.381 e. The molecule has 0 atom stereocenters. The van der Waals surface area contributed by atoms with E-state index in [-0.39, 0.29) is 5.54 Å². The van der Waals surface area contributed by atoms with Crippen LogP contribution in [0.5, 0.6) is 0 Å². The molecule has 0 amide bonds. The zero-order valence-electron chi connectivity index (χ0n) is 12.9. The van der Waals surface area contributed by atoms with Gasteiger partial charge in [0.1, 0.15) is 5.01 Å². The van der Waals surface area contributed by atoms with Crippen molar-refractivity contribution in [1.82, 2.24) is 10.3 Å². The minimum Gasteiger partial charge on any atom is -0.381 e. The Labute approximate surface area is 126 Å². The molecule has 0 bridgehead atoms. The van der Waals surface area contributed by atoms with Crippen LogP contribution in [0.1, 0.15) is 61.5 Å². The van der Waals surface area contributed by atoms with Gasteiger partial charge < -0.3 is 10.1 Å². The lowest BCUT2D eigenvalue weighted by Crippen LogP contribution is -2.49. The van der Waals surface area contributed by atoms with Crippen molar-refractivity contribution in [2.75, 3.05) is 7.11 Å². The second-order valence-corrected chi connectivity index (χ2v) is 7.64. The predicted octanol–water partition coefficient (Wildman–Crippen LogP) is 3.41. The molecule has 1 heterocycles. The average molecular weight is 294 g/mol. The molecule has 0 saturated heterocycles. The van der Waals surface area contributed by atoms with Gasteiger partial charge in [-0.3, -0.25) is 0 Å². The molecular formula is C16H26N2OS. The van der Waals surface area contributed by atoms with E-state index in [2.05, 4.69) is 19.2 Å². The number of rotatable bonds is 4. The van der Waals surface area contributed by atoms with E-state index in [1.807, 2.05) is 18.4 Å². The fourth-order valence-corrected chi connectivity index (χ4v) is 5.05. The average Bonchev–Trinajstić information content (AvgIpc) is 2.99. The van der Waals surface area contributed by atoms with E-state index < -0.39 is 0 Å². The van der Waals surface area contributed by atoms with Crippen LogP contribution in [-0.4, -0.2) is 24.2 Å². The van der Waals surface area contributed by atoms with Crippen LogP contribution in [0, 0.1) is 0 Å². The van der Waals surface area contributed by atoms with Crippen molar-refractivity contribution >= 4 is 11.3 Å². The number of aryl methyl sites for hydroxylation is 2.